The van der Waals surface area contributed by atoms with E-state index in [4.69, 9.17) is 17.3 Å². The molecular formula is C43H59ClN3+. The zero-order chi connectivity index (χ0) is 33.4. The van der Waals surface area contributed by atoms with Crippen LogP contribution >= 0.6 is 11.6 Å². The predicted octanol–water partition coefficient (Wildman–Crippen LogP) is 11.4. The van der Waals surface area contributed by atoms with Crippen LogP contribution in [0.5, 0.6) is 0 Å². The Hall–Kier alpha value is -2.88. The fourth-order valence-corrected chi connectivity index (χ4v) is 8.29. The van der Waals surface area contributed by atoms with Crippen molar-refractivity contribution in [2.45, 2.75) is 122 Å². The Morgan fingerprint density at radius 1 is 0.787 bits per heavy atom. The second kappa shape index (κ2) is 16.0. The molecule has 3 nitrogen and oxygen atoms in total. The van der Waals surface area contributed by atoms with Crippen LogP contribution in [-0.2, 0) is 10.8 Å². The Balaban J connectivity index is 1.42. The largest absolute Gasteiger partial charge is 0.344 e. The van der Waals surface area contributed by atoms with E-state index in [0.29, 0.717) is 0 Å². The van der Waals surface area contributed by atoms with Gasteiger partial charge in [-0.3, -0.25) is 0 Å². The summed E-state index contributed by atoms with van der Waals surface area (Å²) < 4.78 is 2.58. The highest BCUT2D eigenvalue weighted by molar-refractivity contribution is 6.32. The molecule has 2 aromatic carbocycles. The molecule has 4 heteroatoms. The minimum Gasteiger partial charge on any atom is -0.344 e. The SMILES string of the molecule is CCCCCCC[N+]1=C(C=CC2=C(Cl)C(=CC=C3N(CCCCCCN)c4ccccc4C3(C)C)CCC2)C(C)(C)c2ccccc21. The van der Waals surface area contributed by atoms with Gasteiger partial charge in [-0.25, -0.2) is 0 Å². The first kappa shape index (κ1) is 35.4. The van der Waals surface area contributed by atoms with Gasteiger partial charge in [0.15, 0.2) is 5.71 Å². The van der Waals surface area contributed by atoms with Crippen LogP contribution < -0.4 is 10.6 Å². The van der Waals surface area contributed by atoms with E-state index in [1.165, 1.54) is 96.4 Å². The topological polar surface area (TPSA) is 32.3 Å². The van der Waals surface area contributed by atoms with Gasteiger partial charge in [0.2, 0.25) is 5.69 Å². The monoisotopic (exact) mass is 652 g/mol. The molecular weight excluding hydrogens is 594 g/mol. The van der Waals surface area contributed by atoms with E-state index in [2.05, 4.69) is 117 Å². The lowest BCUT2D eigenvalue weighted by Crippen LogP contribution is -2.28. The molecule has 0 saturated heterocycles. The molecule has 5 rings (SSSR count). The Labute approximate surface area is 291 Å². The maximum Gasteiger partial charge on any atom is 0.209 e. The van der Waals surface area contributed by atoms with Crippen LogP contribution in [0.15, 0.2) is 94.7 Å². The van der Waals surface area contributed by atoms with Gasteiger partial charge in [0.05, 0.1) is 5.41 Å². The van der Waals surface area contributed by atoms with Gasteiger partial charge in [-0.05, 0) is 87.8 Å². The number of unbranched alkanes of at least 4 members (excludes halogenated alkanes) is 7. The Morgan fingerprint density at radius 2 is 1.49 bits per heavy atom. The molecule has 1 aliphatic carbocycles. The first-order valence-electron chi connectivity index (χ1n) is 18.5. The van der Waals surface area contributed by atoms with Crippen molar-refractivity contribution in [2.24, 2.45) is 5.73 Å². The third kappa shape index (κ3) is 7.73. The minimum atomic E-state index is -0.0573. The number of para-hydroxylation sites is 2. The number of benzene rings is 2. The zero-order valence-corrected chi connectivity index (χ0v) is 30.6. The van der Waals surface area contributed by atoms with Crippen molar-refractivity contribution in [3.05, 3.63) is 106 Å². The summed E-state index contributed by atoms with van der Waals surface area (Å²) in [6.07, 6.45) is 23.7. The molecule has 2 N–H and O–H groups in total. The van der Waals surface area contributed by atoms with Crippen molar-refractivity contribution in [1.29, 1.82) is 0 Å². The van der Waals surface area contributed by atoms with Crippen molar-refractivity contribution in [3.8, 4) is 0 Å². The van der Waals surface area contributed by atoms with Gasteiger partial charge in [0, 0.05) is 52.5 Å². The molecule has 0 spiro atoms. The van der Waals surface area contributed by atoms with Gasteiger partial charge in [0.1, 0.15) is 6.54 Å². The summed E-state index contributed by atoms with van der Waals surface area (Å²) in [5.41, 5.74) is 16.5. The predicted molar refractivity (Wildman–Crippen MR) is 204 cm³/mol. The van der Waals surface area contributed by atoms with E-state index in [9.17, 15) is 0 Å². The maximum absolute atomic E-state index is 7.26. The summed E-state index contributed by atoms with van der Waals surface area (Å²) in [5, 5.41) is 0.936. The van der Waals surface area contributed by atoms with Crippen LogP contribution in [-0.4, -0.2) is 29.9 Å². The van der Waals surface area contributed by atoms with Gasteiger partial charge in [-0.1, -0.05) is 113 Å². The highest BCUT2D eigenvalue weighted by Gasteiger charge is 2.44. The lowest BCUT2D eigenvalue weighted by Gasteiger charge is -2.27. The number of rotatable bonds is 15. The summed E-state index contributed by atoms with van der Waals surface area (Å²) in [6.45, 7) is 14.7. The molecule has 0 aromatic heterocycles. The minimum absolute atomic E-state index is 0.0435. The van der Waals surface area contributed by atoms with Gasteiger partial charge in [-0.2, -0.15) is 4.58 Å². The van der Waals surface area contributed by atoms with Gasteiger partial charge < -0.3 is 10.6 Å². The average Bonchev–Trinajstić information content (AvgIpc) is 3.42. The Kier molecular flexibility index (Phi) is 12.1. The number of nitrogens with two attached hydrogens (primary N) is 1. The van der Waals surface area contributed by atoms with Crippen LogP contribution in [0.3, 0.4) is 0 Å². The molecule has 3 aliphatic rings. The number of nitrogens with zero attached hydrogens (tertiary/aromatic N) is 2. The van der Waals surface area contributed by atoms with E-state index in [0.717, 1.165) is 50.3 Å². The zero-order valence-electron chi connectivity index (χ0n) is 29.9. The first-order valence-corrected chi connectivity index (χ1v) is 18.9. The number of hydrogen-bond acceptors (Lipinski definition) is 2. The van der Waals surface area contributed by atoms with E-state index in [1.54, 1.807) is 0 Å². The van der Waals surface area contributed by atoms with E-state index < -0.39 is 0 Å². The second-order valence-corrected chi connectivity index (χ2v) is 15.2. The summed E-state index contributed by atoms with van der Waals surface area (Å²) in [4.78, 5) is 2.56. The number of hydrogen-bond donors (Lipinski definition) is 1. The molecule has 0 radical (unpaired) electrons. The van der Waals surface area contributed by atoms with Crippen molar-refractivity contribution in [2.75, 3.05) is 24.5 Å². The highest BCUT2D eigenvalue weighted by Crippen LogP contribution is 2.48. The Morgan fingerprint density at radius 3 is 2.28 bits per heavy atom. The van der Waals surface area contributed by atoms with Crippen LogP contribution in [0, 0.1) is 0 Å². The smallest absolute Gasteiger partial charge is 0.209 e. The molecule has 2 heterocycles. The van der Waals surface area contributed by atoms with E-state index >= 15 is 0 Å². The standard InChI is InChI=1S/C43H59ClN3/c1-6-7-8-10-17-31-46-37-24-14-12-22-35(37)42(2,3)39(46)28-26-33-20-19-21-34(41(33)44)27-29-40-43(4,5)36-23-13-15-25-38(36)47(40)32-18-11-9-16-30-45/h12-15,22-29H,6-11,16-21,30-32,45H2,1-5H3/q+1. The lowest BCUT2D eigenvalue weighted by atomic mass is 9.81. The Bertz CT molecular complexity index is 1550. The molecule has 0 amide bonds. The number of halogens is 1. The molecule has 0 fully saturated rings. The fraction of sp³-hybridized carbons (Fsp3) is 0.512. The number of fused-ring (bicyclic) bond motifs is 2. The third-order valence-electron chi connectivity index (χ3n) is 10.8. The van der Waals surface area contributed by atoms with Crippen molar-refractivity contribution in [1.82, 2.24) is 0 Å². The molecule has 0 atom stereocenters. The lowest BCUT2D eigenvalue weighted by molar-refractivity contribution is -0.438. The van der Waals surface area contributed by atoms with Crippen molar-refractivity contribution in [3.63, 3.8) is 0 Å². The fourth-order valence-electron chi connectivity index (χ4n) is 7.97. The van der Waals surface area contributed by atoms with E-state index in [-0.39, 0.29) is 10.8 Å². The van der Waals surface area contributed by atoms with Crippen molar-refractivity contribution >= 4 is 28.7 Å². The van der Waals surface area contributed by atoms with E-state index in [1.807, 2.05) is 0 Å². The third-order valence-corrected chi connectivity index (χ3v) is 11.2. The molecule has 0 saturated carbocycles. The summed E-state index contributed by atoms with van der Waals surface area (Å²) in [6, 6.07) is 17.9. The quantitative estimate of drug-likeness (QED) is 0.153. The molecule has 2 aromatic rings. The van der Waals surface area contributed by atoms with Gasteiger partial charge in [0.25, 0.3) is 0 Å². The molecule has 2 aliphatic heterocycles. The normalized spacial score (nSPS) is 20.3. The van der Waals surface area contributed by atoms with Crippen LogP contribution in [0.1, 0.15) is 123 Å². The van der Waals surface area contributed by atoms with Gasteiger partial charge >= 0.3 is 0 Å². The van der Waals surface area contributed by atoms with Gasteiger partial charge in [-0.15, -0.1) is 0 Å². The maximum atomic E-state index is 7.26. The van der Waals surface area contributed by atoms with Crippen LogP contribution in [0.25, 0.3) is 0 Å². The number of allylic oxidation sites excluding steroid dienone is 8. The first-order chi connectivity index (χ1) is 22.7. The molecule has 47 heavy (non-hydrogen) atoms. The van der Waals surface area contributed by atoms with Crippen LogP contribution in [0.4, 0.5) is 11.4 Å². The summed E-state index contributed by atoms with van der Waals surface area (Å²) >= 11 is 7.26. The van der Waals surface area contributed by atoms with Crippen LogP contribution in [0.2, 0.25) is 0 Å². The number of anilines is 1. The summed E-state index contributed by atoms with van der Waals surface area (Å²) in [5.74, 6) is 0. The molecule has 252 valence electrons. The molecule has 0 bridgehead atoms. The second-order valence-electron chi connectivity index (χ2n) is 14.9. The highest BCUT2D eigenvalue weighted by atomic mass is 35.5. The average molecular weight is 653 g/mol. The molecule has 0 unspecified atom stereocenters. The summed E-state index contributed by atoms with van der Waals surface area (Å²) in [7, 11) is 0. The van der Waals surface area contributed by atoms with Crippen molar-refractivity contribution < 1.29 is 4.58 Å².